The molecule has 0 amide bonds. The van der Waals surface area contributed by atoms with Crippen LogP contribution in [-0.4, -0.2) is 26.9 Å². The van der Waals surface area contributed by atoms with Crippen molar-refractivity contribution in [2.75, 3.05) is 0 Å². The zero-order chi connectivity index (χ0) is 25.3. The first-order chi connectivity index (χ1) is 16.2. The number of nitrogens with zero attached hydrogens (tertiary/aromatic N) is 3. The lowest BCUT2D eigenvalue weighted by Crippen LogP contribution is -2.26. The van der Waals surface area contributed by atoms with Gasteiger partial charge in [-0.15, -0.1) is 0 Å². The maximum absolute atomic E-state index is 12.7. The van der Waals surface area contributed by atoms with Gasteiger partial charge in [0.2, 0.25) is 0 Å². The molecular formula is C26H33F3N4O. The highest BCUT2D eigenvalue weighted by molar-refractivity contribution is 5.94. The molecule has 3 aromatic rings. The van der Waals surface area contributed by atoms with Crippen LogP contribution >= 0.6 is 0 Å². The van der Waals surface area contributed by atoms with E-state index in [0.29, 0.717) is 5.82 Å². The standard InChI is InChI=1S/C14H15F3N4.C10H12O.C2H6/c15-14(16,17)11-8-21-12(2-1-3-13(21)20-11)19-10-6-4-9(18)5-7-10;1-3-9-4-6-10(7-5-9)8(2)11;1-2/h1-3,8-9H,4-7,18H2;4-7H,3H2,1-2H3;1-2H3. The second kappa shape index (κ2) is 12.5. The molecule has 0 unspecified atom stereocenters. The number of benzene rings is 1. The van der Waals surface area contributed by atoms with Crippen molar-refractivity contribution in [2.45, 2.75) is 72.0 Å². The number of aryl methyl sites for hydroxylation is 1. The molecule has 0 aliphatic heterocycles. The molecule has 1 saturated carbocycles. The fourth-order valence-corrected chi connectivity index (χ4v) is 3.45. The number of pyridine rings is 1. The Kier molecular flexibility index (Phi) is 9.98. The Bertz CT molecular complexity index is 1090. The maximum Gasteiger partial charge on any atom is 0.434 e. The number of hydrogen-bond donors (Lipinski definition) is 1. The second-order valence-electron chi connectivity index (χ2n) is 7.86. The van der Waals surface area contributed by atoms with Crippen LogP contribution in [0.15, 0.2) is 53.7 Å². The van der Waals surface area contributed by atoms with E-state index in [2.05, 4.69) is 16.9 Å². The van der Waals surface area contributed by atoms with Crippen LogP contribution in [0.1, 0.15) is 75.0 Å². The van der Waals surface area contributed by atoms with E-state index >= 15 is 0 Å². The average Bonchev–Trinajstić information content (AvgIpc) is 3.29. The number of nitrogens with two attached hydrogens (primary N) is 1. The predicted octanol–water partition coefficient (Wildman–Crippen LogP) is 6.80. The van der Waals surface area contributed by atoms with E-state index in [1.54, 1.807) is 19.1 Å². The van der Waals surface area contributed by atoms with Gasteiger partial charge in [0.25, 0.3) is 0 Å². The van der Waals surface area contributed by atoms with Crippen molar-refractivity contribution in [3.8, 4) is 0 Å². The Balaban J connectivity index is 0.000000266. The largest absolute Gasteiger partial charge is 0.434 e. The molecule has 2 aromatic heterocycles. The Morgan fingerprint density at radius 1 is 1.12 bits per heavy atom. The first-order valence-electron chi connectivity index (χ1n) is 11.6. The lowest BCUT2D eigenvalue weighted by Gasteiger charge is -2.19. The summed E-state index contributed by atoms with van der Waals surface area (Å²) in [5.74, 6) is 0.605. The highest BCUT2D eigenvalue weighted by Gasteiger charge is 2.34. The number of carbonyl (C=O) groups is 1. The molecule has 0 spiro atoms. The Morgan fingerprint density at radius 2 is 1.74 bits per heavy atom. The minimum atomic E-state index is -4.45. The summed E-state index contributed by atoms with van der Waals surface area (Å²) < 4.78 is 39.6. The first-order valence-corrected chi connectivity index (χ1v) is 11.6. The summed E-state index contributed by atoms with van der Waals surface area (Å²) in [4.78, 5) is 18.9. The van der Waals surface area contributed by atoms with Crippen molar-refractivity contribution in [1.29, 1.82) is 0 Å². The molecule has 1 aliphatic carbocycles. The van der Waals surface area contributed by atoms with Gasteiger partial charge in [0.15, 0.2) is 11.5 Å². The molecule has 184 valence electrons. The van der Waals surface area contributed by atoms with Gasteiger partial charge in [-0.2, -0.15) is 13.2 Å². The molecule has 0 saturated heterocycles. The van der Waals surface area contributed by atoms with Gasteiger partial charge in [0.05, 0.1) is 0 Å². The third-order valence-electron chi connectivity index (χ3n) is 5.41. The number of ketones is 1. The molecule has 1 fully saturated rings. The number of hydrogen-bond acceptors (Lipinski definition) is 4. The number of rotatable bonds is 3. The minimum Gasteiger partial charge on any atom is -0.328 e. The molecule has 34 heavy (non-hydrogen) atoms. The van der Waals surface area contributed by atoms with E-state index in [0.717, 1.165) is 49.6 Å². The summed E-state index contributed by atoms with van der Waals surface area (Å²) in [7, 11) is 0. The second-order valence-corrected chi connectivity index (χ2v) is 7.86. The predicted molar refractivity (Wildman–Crippen MR) is 131 cm³/mol. The lowest BCUT2D eigenvalue weighted by molar-refractivity contribution is -0.140. The monoisotopic (exact) mass is 474 g/mol. The van der Waals surface area contributed by atoms with E-state index in [4.69, 9.17) is 5.73 Å². The SMILES string of the molecule is CC.CCc1ccc(C(C)=O)cc1.NC1CCC(=Nc2cccc3nc(C(F)(F)F)cn23)CC1. The minimum absolute atomic E-state index is 0.132. The van der Waals surface area contributed by atoms with Crippen LogP contribution in [0.3, 0.4) is 0 Å². The number of imidazole rings is 1. The van der Waals surface area contributed by atoms with Gasteiger partial charge in [-0.3, -0.25) is 9.20 Å². The fraction of sp³-hybridized carbons (Fsp3) is 0.423. The van der Waals surface area contributed by atoms with Gasteiger partial charge in [-0.1, -0.05) is 51.1 Å². The van der Waals surface area contributed by atoms with Gasteiger partial charge in [0, 0.05) is 23.5 Å². The topological polar surface area (TPSA) is 72.8 Å². The van der Waals surface area contributed by atoms with E-state index in [-0.39, 0.29) is 17.5 Å². The third kappa shape index (κ3) is 7.52. The van der Waals surface area contributed by atoms with Crippen molar-refractivity contribution in [3.63, 3.8) is 0 Å². The van der Waals surface area contributed by atoms with E-state index < -0.39 is 11.9 Å². The van der Waals surface area contributed by atoms with Crippen molar-refractivity contribution in [1.82, 2.24) is 9.38 Å². The number of aliphatic imine (C=N–C) groups is 1. The molecule has 1 aliphatic rings. The summed E-state index contributed by atoms with van der Waals surface area (Å²) in [6.45, 7) is 7.68. The van der Waals surface area contributed by atoms with Crippen molar-refractivity contribution < 1.29 is 18.0 Å². The third-order valence-corrected chi connectivity index (χ3v) is 5.41. The highest BCUT2D eigenvalue weighted by Crippen LogP contribution is 2.30. The van der Waals surface area contributed by atoms with Crippen molar-refractivity contribution in [3.05, 3.63) is 65.5 Å². The van der Waals surface area contributed by atoms with Crippen LogP contribution in [0, 0.1) is 0 Å². The number of carbonyl (C=O) groups excluding carboxylic acids is 1. The van der Waals surface area contributed by atoms with Crippen LogP contribution in [0.25, 0.3) is 5.65 Å². The van der Waals surface area contributed by atoms with Crippen LogP contribution in [0.4, 0.5) is 19.0 Å². The van der Waals surface area contributed by atoms with Gasteiger partial charge in [0.1, 0.15) is 11.5 Å². The van der Waals surface area contributed by atoms with E-state index in [1.165, 1.54) is 16.0 Å². The van der Waals surface area contributed by atoms with Gasteiger partial charge in [-0.05, 0) is 56.7 Å². The number of Topliss-reactive ketones (excluding diaryl/α,β-unsaturated/α-hetero) is 1. The molecule has 2 heterocycles. The molecule has 1 aromatic carbocycles. The van der Waals surface area contributed by atoms with Gasteiger partial charge < -0.3 is 5.73 Å². The number of halogens is 3. The summed E-state index contributed by atoms with van der Waals surface area (Å²) in [6, 6.07) is 12.8. The van der Waals surface area contributed by atoms with Crippen LogP contribution in [-0.2, 0) is 12.6 Å². The molecule has 2 N–H and O–H groups in total. The molecule has 4 rings (SSSR count). The molecule has 8 heteroatoms. The maximum atomic E-state index is 12.7. The number of aromatic nitrogens is 2. The quantitative estimate of drug-likeness (QED) is 0.424. The van der Waals surface area contributed by atoms with E-state index in [1.807, 2.05) is 38.1 Å². The number of fused-ring (bicyclic) bond motifs is 1. The smallest absolute Gasteiger partial charge is 0.328 e. The highest BCUT2D eigenvalue weighted by atomic mass is 19.4. The molecular weight excluding hydrogens is 441 g/mol. The van der Waals surface area contributed by atoms with Gasteiger partial charge in [-0.25, -0.2) is 9.98 Å². The van der Waals surface area contributed by atoms with Crippen molar-refractivity contribution >= 4 is 23.0 Å². The van der Waals surface area contributed by atoms with Crippen molar-refractivity contribution in [2.24, 2.45) is 10.7 Å². The van der Waals surface area contributed by atoms with Crippen LogP contribution < -0.4 is 5.73 Å². The average molecular weight is 475 g/mol. The lowest BCUT2D eigenvalue weighted by atomic mass is 9.94. The Morgan fingerprint density at radius 3 is 2.26 bits per heavy atom. The molecule has 0 atom stereocenters. The zero-order valence-electron chi connectivity index (χ0n) is 20.2. The Labute approximate surface area is 198 Å². The summed E-state index contributed by atoms with van der Waals surface area (Å²) in [5.41, 5.74) is 8.23. The first kappa shape index (κ1) is 27.2. The number of alkyl halides is 3. The van der Waals surface area contributed by atoms with Crippen LogP contribution in [0.5, 0.6) is 0 Å². The molecule has 0 radical (unpaired) electrons. The van der Waals surface area contributed by atoms with E-state index in [9.17, 15) is 18.0 Å². The van der Waals surface area contributed by atoms with Gasteiger partial charge >= 0.3 is 6.18 Å². The molecule has 0 bridgehead atoms. The summed E-state index contributed by atoms with van der Waals surface area (Å²) in [6.07, 6.45) is 0.880. The normalized spacial score (nSPS) is 15.6. The zero-order valence-corrected chi connectivity index (χ0v) is 20.2. The summed E-state index contributed by atoms with van der Waals surface area (Å²) in [5, 5.41) is 0. The van der Waals surface area contributed by atoms with Crippen LogP contribution in [0.2, 0.25) is 0 Å². The summed E-state index contributed by atoms with van der Waals surface area (Å²) >= 11 is 0. The Hall–Kier alpha value is -3.00. The fourth-order valence-electron chi connectivity index (χ4n) is 3.45. The molecule has 5 nitrogen and oxygen atoms in total.